The Morgan fingerprint density at radius 2 is 2.20 bits per heavy atom. The van der Waals surface area contributed by atoms with Gasteiger partial charge in [-0.1, -0.05) is 37.1 Å². The highest BCUT2D eigenvalue weighted by Gasteiger charge is 2.21. The monoisotopic (exact) mass is 136 g/mol. The molecule has 0 amide bonds. The van der Waals surface area contributed by atoms with Crippen LogP contribution in [0, 0.1) is 5.92 Å². The fraction of sp³-hybridized carbons (Fsp3) is 0.600. The van der Waals surface area contributed by atoms with Crippen molar-refractivity contribution < 1.29 is 0 Å². The van der Waals surface area contributed by atoms with Crippen molar-refractivity contribution >= 4 is 0 Å². The third-order valence-corrected chi connectivity index (χ3v) is 2.03. The van der Waals surface area contributed by atoms with Gasteiger partial charge in [-0.25, -0.2) is 0 Å². The molecule has 0 N–H and O–H groups in total. The highest BCUT2D eigenvalue weighted by molar-refractivity contribution is 5.37. The molecule has 1 rings (SSSR count). The summed E-state index contributed by atoms with van der Waals surface area (Å²) >= 11 is 0. The van der Waals surface area contributed by atoms with E-state index in [0.29, 0.717) is 0 Å². The van der Waals surface area contributed by atoms with Crippen molar-refractivity contribution in [3.05, 3.63) is 23.3 Å². The number of allylic oxidation sites excluding steroid dienone is 4. The molecule has 0 spiro atoms. The van der Waals surface area contributed by atoms with Crippen LogP contribution in [0.3, 0.4) is 0 Å². The van der Waals surface area contributed by atoms with Crippen molar-refractivity contribution in [1.82, 2.24) is 0 Å². The zero-order chi connectivity index (χ0) is 7.56. The summed E-state index contributed by atoms with van der Waals surface area (Å²) in [7, 11) is 0. The van der Waals surface area contributed by atoms with Gasteiger partial charge < -0.3 is 0 Å². The van der Waals surface area contributed by atoms with Crippen LogP contribution in [0.4, 0.5) is 0 Å². The van der Waals surface area contributed by atoms with Gasteiger partial charge in [0.2, 0.25) is 0 Å². The first kappa shape index (κ1) is 7.59. The van der Waals surface area contributed by atoms with Crippen LogP contribution in [-0.2, 0) is 0 Å². The minimum absolute atomic E-state index is 0.792. The first-order valence-electron chi connectivity index (χ1n) is 4.07. The van der Waals surface area contributed by atoms with E-state index >= 15 is 0 Å². The molecule has 0 saturated heterocycles. The van der Waals surface area contributed by atoms with Crippen molar-refractivity contribution in [2.75, 3.05) is 0 Å². The van der Waals surface area contributed by atoms with Gasteiger partial charge in [0.25, 0.3) is 0 Å². The van der Waals surface area contributed by atoms with Crippen molar-refractivity contribution in [2.24, 2.45) is 5.92 Å². The minimum atomic E-state index is 0.792. The molecule has 0 aromatic carbocycles. The Morgan fingerprint density at radius 1 is 1.50 bits per heavy atom. The second kappa shape index (κ2) is 3.05. The maximum absolute atomic E-state index is 2.28. The van der Waals surface area contributed by atoms with Crippen LogP contribution >= 0.6 is 0 Å². The molecule has 0 heteroatoms. The van der Waals surface area contributed by atoms with Crippen molar-refractivity contribution in [3.63, 3.8) is 0 Å². The Hall–Kier alpha value is -0.520. The smallest absolute Gasteiger partial charge is 0.00970 e. The quantitative estimate of drug-likeness (QED) is 0.522. The second-order valence-electron chi connectivity index (χ2n) is 3.23. The van der Waals surface area contributed by atoms with Crippen LogP contribution in [0.2, 0.25) is 0 Å². The van der Waals surface area contributed by atoms with E-state index in [2.05, 4.69) is 32.9 Å². The molecule has 0 nitrogen and oxygen atoms in total. The molecule has 1 aliphatic carbocycles. The van der Waals surface area contributed by atoms with E-state index in [9.17, 15) is 0 Å². The molecule has 1 aliphatic rings. The molecule has 0 atom stereocenters. The lowest BCUT2D eigenvalue weighted by Gasteiger charge is -1.91. The Labute approximate surface area is 63.6 Å². The molecular weight excluding hydrogens is 120 g/mol. The maximum Gasteiger partial charge on any atom is -0.00970 e. The number of rotatable bonds is 3. The molecule has 0 aliphatic heterocycles. The van der Waals surface area contributed by atoms with Crippen LogP contribution in [-0.4, -0.2) is 0 Å². The molecule has 0 aromatic heterocycles. The number of hydrogen-bond donors (Lipinski definition) is 0. The van der Waals surface area contributed by atoms with E-state index < -0.39 is 0 Å². The van der Waals surface area contributed by atoms with Gasteiger partial charge >= 0.3 is 0 Å². The maximum atomic E-state index is 2.28. The van der Waals surface area contributed by atoms with Crippen molar-refractivity contribution in [2.45, 2.75) is 33.6 Å². The first-order valence-corrected chi connectivity index (χ1v) is 4.07. The van der Waals surface area contributed by atoms with E-state index in [1.807, 2.05) is 0 Å². The van der Waals surface area contributed by atoms with Gasteiger partial charge in [0, 0.05) is 0 Å². The Bertz CT molecular complexity index is 170. The molecule has 0 bridgehead atoms. The summed E-state index contributed by atoms with van der Waals surface area (Å²) in [6, 6.07) is 0. The molecule has 0 unspecified atom stereocenters. The third kappa shape index (κ3) is 1.73. The van der Waals surface area contributed by atoms with Gasteiger partial charge in [0.15, 0.2) is 0 Å². The summed E-state index contributed by atoms with van der Waals surface area (Å²) in [5, 5.41) is 0. The van der Waals surface area contributed by atoms with E-state index in [4.69, 9.17) is 0 Å². The average molecular weight is 136 g/mol. The van der Waals surface area contributed by atoms with Crippen molar-refractivity contribution in [1.29, 1.82) is 0 Å². The Morgan fingerprint density at radius 3 is 2.60 bits per heavy atom. The second-order valence-corrected chi connectivity index (χ2v) is 3.23. The normalized spacial score (nSPS) is 17.6. The van der Waals surface area contributed by atoms with Gasteiger partial charge in [-0.15, -0.1) is 0 Å². The summed E-state index contributed by atoms with van der Waals surface area (Å²) in [5.41, 5.74) is 3.37. The predicted molar refractivity (Wildman–Crippen MR) is 45.9 cm³/mol. The highest BCUT2D eigenvalue weighted by Crippen LogP contribution is 2.39. The summed E-state index contributed by atoms with van der Waals surface area (Å²) in [6.45, 7) is 6.63. The highest BCUT2D eigenvalue weighted by atomic mass is 14.3. The Kier molecular flexibility index (Phi) is 2.31. The SMILES string of the molecule is CC=CCC1=C(C(C)C)C1. The lowest BCUT2D eigenvalue weighted by Crippen LogP contribution is -1.78. The third-order valence-electron chi connectivity index (χ3n) is 2.03. The first-order chi connectivity index (χ1) is 4.75. The summed E-state index contributed by atoms with van der Waals surface area (Å²) in [4.78, 5) is 0. The molecule has 10 heavy (non-hydrogen) atoms. The lowest BCUT2D eigenvalue weighted by molar-refractivity contribution is 0.794. The standard InChI is InChI=1S/C10H16/c1-4-5-6-9-7-10(9)8(2)3/h4-5,8H,6-7H2,1-3H3. The molecule has 0 heterocycles. The van der Waals surface area contributed by atoms with Gasteiger partial charge in [0.1, 0.15) is 0 Å². The van der Waals surface area contributed by atoms with Crippen LogP contribution in [0.1, 0.15) is 33.6 Å². The molecule has 0 fully saturated rings. The summed E-state index contributed by atoms with van der Waals surface area (Å²) in [5.74, 6) is 0.792. The van der Waals surface area contributed by atoms with E-state index in [0.717, 1.165) is 5.92 Å². The van der Waals surface area contributed by atoms with Crippen LogP contribution in [0.5, 0.6) is 0 Å². The molecule has 0 aromatic rings. The molecular formula is C10H16. The lowest BCUT2D eigenvalue weighted by atomic mass is 10.1. The Balaban J connectivity index is 2.34. The van der Waals surface area contributed by atoms with Gasteiger partial charge in [0.05, 0.1) is 0 Å². The van der Waals surface area contributed by atoms with E-state index in [-0.39, 0.29) is 0 Å². The van der Waals surface area contributed by atoms with Crippen LogP contribution in [0.15, 0.2) is 23.3 Å². The minimum Gasteiger partial charge on any atom is -0.0913 e. The average Bonchev–Trinajstić information content (AvgIpc) is 2.62. The zero-order valence-electron chi connectivity index (χ0n) is 7.15. The fourth-order valence-corrected chi connectivity index (χ4v) is 1.26. The predicted octanol–water partition coefficient (Wildman–Crippen LogP) is 3.31. The fourth-order valence-electron chi connectivity index (χ4n) is 1.26. The zero-order valence-corrected chi connectivity index (χ0v) is 7.15. The van der Waals surface area contributed by atoms with Crippen LogP contribution in [0.25, 0.3) is 0 Å². The molecule has 0 saturated carbocycles. The van der Waals surface area contributed by atoms with Gasteiger partial charge in [-0.2, -0.15) is 0 Å². The summed E-state index contributed by atoms with van der Waals surface area (Å²) < 4.78 is 0. The largest absolute Gasteiger partial charge is 0.0913 e. The van der Waals surface area contributed by atoms with Gasteiger partial charge in [-0.05, 0) is 25.7 Å². The number of hydrogen-bond acceptors (Lipinski definition) is 0. The molecule has 56 valence electrons. The topological polar surface area (TPSA) is 0 Å². The molecule has 0 radical (unpaired) electrons. The van der Waals surface area contributed by atoms with Crippen molar-refractivity contribution in [3.8, 4) is 0 Å². The van der Waals surface area contributed by atoms with Crippen LogP contribution < -0.4 is 0 Å². The van der Waals surface area contributed by atoms with Gasteiger partial charge in [-0.3, -0.25) is 0 Å². The van der Waals surface area contributed by atoms with E-state index in [1.54, 1.807) is 11.1 Å². The van der Waals surface area contributed by atoms with E-state index in [1.165, 1.54) is 12.8 Å². The summed E-state index contributed by atoms with van der Waals surface area (Å²) in [6.07, 6.45) is 6.88.